The van der Waals surface area contributed by atoms with Crippen LogP contribution in [0.2, 0.25) is 6.32 Å². The van der Waals surface area contributed by atoms with Crippen LogP contribution in [-0.4, -0.2) is 37.3 Å². The highest BCUT2D eigenvalue weighted by Gasteiger charge is 2.16. The first-order chi connectivity index (χ1) is 7.49. The van der Waals surface area contributed by atoms with E-state index in [0.717, 1.165) is 0 Å². The molecule has 88 valence electrons. The first-order valence-corrected chi connectivity index (χ1v) is 6.56. The quantitative estimate of drug-likeness (QED) is 0.683. The van der Waals surface area contributed by atoms with Crippen molar-refractivity contribution >= 4 is 17.0 Å². The zero-order chi connectivity index (χ0) is 12.0. The van der Waals surface area contributed by atoms with E-state index in [9.17, 15) is 8.42 Å². The molecule has 1 aromatic carbocycles. The van der Waals surface area contributed by atoms with Gasteiger partial charge in [-0.1, -0.05) is 18.2 Å². The molecule has 7 heteroatoms. The molecule has 0 atom stereocenters. The molecule has 16 heavy (non-hydrogen) atoms. The zero-order valence-corrected chi connectivity index (χ0v) is 9.43. The van der Waals surface area contributed by atoms with Crippen molar-refractivity contribution in [2.75, 3.05) is 11.7 Å². The second-order valence-corrected chi connectivity index (χ2v) is 5.42. The van der Waals surface area contributed by atoms with Crippen molar-refractivity contribution in [2.24, 2.45) is 0 Å². The summed E-state index contributed by atoms with van der Waals surface area (Å²) in [5.41, 5.74) is 0. The zero-order valence-electron chi connectivity index (χ0n) is 8.61. The molecular formula is C9H13BO5S. The summed E-state index contributed by atoms with van der Waals surface area (Å²) in [6, 6.07) is 8.56. The average Bonchev–Trinajstić information content (AvgIpc) is 2.26. The van der Waals surface area contributed by atoms with Gasteiger partial charge in [-0.25, -0.2) is 8.42 Å². The molecule has 5 nitrogen and oxygen atoms in total. The van der Waals surface area contributed by atoms with Gasteiger partial charge in [-0.15, -0.1) is 0 Å². The smallest absolute Gasteiger partial charge is 0.452 e. The molecule has 0 aliphatic carbocycles. The molecule has 0 aromatic heterocycles. The molecule has 0 heterocycles. The summed E-state index contributed by atoms with van der Waals surface area (Å²) in [4.78, 5) is 0. The SMILES string of the molecule is O=S(=O)(CCB(O)O)COc1ccccc1. The Bertz CT molecular complexity index is 403. The van der Waals surface area contributed by atoms with Gasteiger partial charge in [0.15, 0.2) is 15.8 Å². The second kappa shape index (κ2) is 5.88. The molecule has 0 aliphatic rings. The summed E-state index contributed by atoms with van der Waals surface area (Å²) in [5, 5.41) is 17.1. The van der Waals surface area contributed by atoms with Crippen LogP contribution in [0.4, 0.5) is 0 Å². The third-order valence-corrected chi connectivity index (χ3v) is 3.17. The Morgan fingerprint density at radius 1 is 1.19 bits per heavy atom. The number of para-hydroxylation sites is 1. The topological polar surface area (TPSA) is 83.8 Å². The van der Waals surface area contributed by atoms with E-state index in [1.165, 1.54) is 0 Å². The van der Waals surface area contributed by atoms with Gasteiger partial charge in [0.25, 0.3) is 0 Å². The van der Waals surface area contributed by atoms with Crippen LogP contribution < -0.4 is 4.74 Å². The van der Waals surface area contributed by atoms with Crippen LogP contribution in [0.1, 0.15) is 0 Å². The first kappa shape index (κ1) is 13.0. The molecule has 0 amide bonds. The predicted molar refractivity (Wildman–Crippen MR) is 60.7 cm³/mol. The second-order valence-electron chi connectivity index (χ2n) is 3.29. The lowest BCUT2D eigenvalue weighted by molar-refractivity contribution is 0.376. The lowest BCUT2D eigenvalue weighted by atomic mass is 9.88. The van der Waals surface area contributed by atoms with Gasteiger partial charge in [-0.2, -0.15) is 0 Å². The molecule has 0 radical (unpaired) electrons. The summed E-state index contributed by atoms with van der Waals surface area (Å²) in [7, 11) is -5.02. The minimum atomic E-state index is -3.42. The number of hydrogen-bond acceptors (Lipinski definition) is 5. The summed E-state index contributed by atoms with van der Waals surface area (Å²) >= 11 is 0. The minimum Gasteiger partial charge on any atom is -0.478 e. The van der Waals surface area contributed by atoms with E-state index in [2.05, 4.69) is 0 Å². The molecule has 0 unspecified atom stereocenters. The van der Waals surface area contributed by atoms with E-state index >= 15 is 0 Å². The van der Waals surface area contributed by atoms with E-state index in [0.29, 0.717) is 5.75 Å². The van der Waals surface area contributed by atoms with Crippen molar-refractivity contribution in [3.8, 4) is 5.75 Å². The summed E-state index contributed by atoms with van der Waals surface area (Å²) in [6.07, 6.45) is -0.208. The number of hydrogen-bond donors (Lipinski definition) is 2. The van der Waals surface area contributed by atoms with E-state index in [4.69, 9.17) is 14.8 Å². The lowest BCUT2D eigenvalue weighted by Gasteiger charge is -2.06. The van der Waals surface area contributed by atoms with Crippen LogP contribution in [0.5, 0.6) is 5.75 Å². The number of benzene rings is 1. The van der Waals surface area contributed by atoms with Gasteiger partial charge < -0.3 is 14.8 Å². The summed E-state index contributed by atoms with van der Waals surface area (Å²) in [5.74, 6) is -0.294. The number of rotatable bonds is 6. The number of ether oxygens (including phenoxy) is 1. The first-order valence-electron chi connectivity index (χ1n) is 4.74. The van der Waals surface area contributed by atoms with Crippen LogP contribution in [-0.2, 0) is 9.84 Å². The van der Waals surface area contributed by atoms with Gasteiger partial charge in [0.05, 0.1) is 5.75 Å². The largest absolute Gasteiger partial charge is 0.478 e. The highest BCUT2D eigenvalue weighted by atomic mass is 32.2. The molecule has 0 saturated heterocycles. The fourth-order valence-corrected chi connectivity index (χ4v) is 2.02. The highest BCUT2D eigenvalue weighted by Crippen LogP contribution is 2.09. The Morgan fingerprint density at radius 2 is 1.81 bits per heavy atom. The highest BCUT2D eigenvalue weighted by molar-refractivity contribution is 7.91. The summed E-state index contributed by atoms with van der Waals surface area (Å²) in [6.45, 7) is 0. The Kier molecular flexibility index (Phi) is 4.79. The Morgan fingerprint density at radius 3 is 2.38 bits per heavy atom. The van der Waals surface area contributed by atoms with Crippen LogP contribution in [0.15, 0.2) is 30.3 Å². The third-order valence-electron chi connectivity index (χ3n) is 1.84. The van der Waals surface area contributed by atoms with Crippen LogP contribution in [0, 0.1) is 0 Å². The van der Waals surface area contributed by atoms with Gasteiger partial charge in [0.1, 0.15) is 5.75 Å². The maximum Gasteiger partial charge on any atom is 0.452 e. The van der Waals surface area contributed by atoms with Crippen molar-refractivity contribution < 1.29 is 23.2 Å². The van der Waals surface area contributed by atoms with Crippen molar-refractivity contribution in [1.29, 1.82) is 0 Å². The van der Waals surface area contributed by atoms with Crippen molar-refractivity contribution in [2.45, 2.75) is 6.32 Å². The molecule has 1 rings (SSSR count). The molecule has 0 fully saturated rings. The fourth-order valence-electron chi connectivity index (χ4n) is 1.02. The Labute approximate surface area is 94.7 Å². The van der Waals surface area contributed by atoms with Crippen molar-refractivity contribution in [3.05, 3.63) is 30.3 Å². The summed E-state index contributed by atoms with van der Waals surface area (Å²) < 4.78 is 27.8. The average molecular weight is 244 g/mol. The number of sulfone groups is 1. The van der Waals surface area contributed by atoms with E-state index < -0.39 is 22.9 Å². The van der Waals surface area contributed by atoms with Gasteiger partial charge >= 0.3 is 7.12 Å². The van der Waals surface area contributed by atoms with Crippen LogP contribution >= 0.6 is 0 Å². The van der Waals surface area contributed by atoms with E-state index in [1.807, 2.05) is 0 Å². The monoisotopic (exact) mass is 244 g/mol. The van der Waals surface area contributed by atoms with Gasteiger partial charge in [0.2, 0.25) is 0 Å². The van der Waals surface area contributed by atoms with Gasteiger partial charge in [-0.05, 0) is 18.5 Å². The Hall–Kier alpha value is -1.05. The standard InChI is InChI=1S/C9H13BO5S/c11-10(12)6-7-16(13,14)8-15-9-4-2-1-3-5-9/h1-5,11-12H,6-8H2. The lowest BCUT2D eigenvalue weighted by Crippen LogP contribution is -2.21. The van der Waals surface area contributed by atoms with E-state index in [1.54, 1.807) is 30.3 Å². The van der Waals surface area contributed by atoms with Crippen molar-refractivity contribution in [1.82, 2.24) is 0 Å². The third kappa shape index (κ3) is 5.15. The molecular weight excluding hydrogens is 231 g/mol. The van der Waals surface area contributed by atoms with Crippen LogP contribution in [0.3, 0.4) is 0 Å². The van der Waals surface area contributed by atoms with Gasteiger partial charge in [-0.3, -0.25) is 0 Å². The molecule has 0 spiro atoms. The molecule has 1 aromatic rings. The normalized spacial score (nSPS) is 11.1. The Balaban J connectivity index is 2.42. The predicted octanol–water partition coefficient (Wildman–Crippen LogP) is -0.0895. The molecule has 0 saturated carbocycles. The fraction of sp³-hybridized carbons (Fsp3) is 0.333. The van der Waals surface area contributed by atoms with Crippen molar-refractivity contribution in [3.63, 3.8) is 0 Å². The maximum atomic E-state index is 11.4. The van der Waals surface area contributed by atoms with E-state index in [-0.39, 0.29) is 12.1 Å². The minimum absolute atomic E-state index is 0.208. The maximum absolute atomic E-state index is 11.4. The van der Waals surface area contributed by atoms with Gasteiger partial charge in [0, 0.05) is 0 Å². The van der Waals surface area contributed by atoms with Crippen LogP contribution in [0.25, 0.3) is 0 Å². The molecule has 0 aliphatic heterocycles. The molecule has 0 bridgehead atoms. The molecule has 2 N–H and O–H groups in total.